The third-order valence-corrected chi connectivity index (χ3v) is 2.42. The van der Waals surface area contributed by atoms with Gasteiger partial charge in [-0.25, -0.2) is 8.78 Å². The van der Waals surface area contributed by atoms with Crippen LogP contribution in [0.4, 0.5) is 8.78 Å². The highest BCUT2D eigenvalue weighted by Gasteiger charge is 2.07. The molecule has 0 aliphatic heterocycles. The van der Waals surface area contributed by atoms with Crippen molar-refractivity contribution in [1.82, 2.24) is 0 Å². The monoisotopic (exact) mass is 250 g/mol. The normalized spacial score (nSPS) is 10.5. The van der Waals surface area contributed by atoms with Gasteiger partial charge >= 0.3 is 0 Å². The average molecular weight is 251 g/mol. The van der Waals surface area contributed by atoms with Crippen molar-refractivity contribution >= 4 is 15.9 Å². The Kier molecular flexibility index (Phi) is 3.81. The molecule has 0 unspecified atom stereocenters. The molecule has 72 valence electrons. The fraction of sp³-hybridized carbons (Fsp3) is 0.333. The minimum absolute atomic E-state index is 0.0271. The van der Waals surface area contributed by atoms with Crippen molar-refractivity contribution in [3.63, 3.8) is 0 Å². The highest BCUT2D eigenvalue weighted by Crippen LogP contribution is 2.21. The van der Waals surface area contributed by atoms with E-state index in [1.54, 1.807) is 0 Å². The zero-order chi connectivity index (χ0) is 9.84. The van der Waals surface area contributed by atoms with E-state index in [2.05, 4.69) is 15.9 Å². The zero-order valence-corrected chi connectivity index (χ0v) is 8.44. The number of aryl methyl sites for hydroxylation is 1. The summed E-state index contributed by atoms with van der Waals surface area (Å²) < 4.78 is 25.7. The molecule has 0 fully saturated rings. The number of benzene rings is 1. The summed E-state index contributed by atoms with van der Waals surface area (Å²) in [6, 6.07) is 2.53. The van der Waals surface area contributed by atoms with Crippen LogP contribution in [-0.4, -0.2) is 11.7 Å². The zero-order valence-electron chi connectivity index (χ0n) is 6.86. The predicted molar refractivity (Wildman–Crippen MR) is 49.5 cm³/mol. The summed E-state index contributed by atoms with van der Waals surface area (Å²) in [4.78, 5) is 0. The van der Waals surface area contributed by atoms with Crippen molar-refractivity contribution in [2.24, 2.45) is 0 Å². The largest absolute Gasteiger partial charge is 0.396 e. The van der Waals surface area contributed by atoms with E-state index >= 15 is 0 Å². The van der Waals surface area contributed by atoms with Gasteiger partial charge < -0.3 is 5.11 Å². The van der Waals surface area contributed by atoms with Gasteiger partial charge in [0.05, 0.1) is 4.47 Å². The Morgan fingerprint density at radius 2 is 1.77 bits per heavy atom. The first kappa shape index (κ1) is 10.6. The molecule has 0 atom stereocenters. The van der Waals surface area contributed by atoms with E-state index < -0.39 is 11.6 Å². The molecule has 0 radical (unpaired) electrons. The van der Waals surface area contributed by atoms with Crippen molar-refractivity contribution in [2.45, 2.75) is 12.8 Å². The fourth-order valence-electron chi connectivity index (χ4n) is 1.04. The third kappa shape index (κ3) is 2.74. The molecule has 0 aromatic heterocycles. The van der Waals surface area contributed by atoms with E-state index in [-0.39, 0.29) is 11.1 Å². The lowest BCUT2D eigenvalue weighted by molar-refractivity contribution is 0.288. The fourth-order valence-corrected chi connectivity index (χ4v) is 1.26. The third-order valence-electron chi connectivity index (χ3n) is 1.67. The number of hydrogen-bond acceptors (Lipinski definition) is 1. The van der Waals surface area contributed by atoms with E-state index in [9.17, 15) is 8.78 Å². The topological polar surface area (TPSA) is 20.2 Å². The maximum Gasteiger partial charge on any atom is 0.140 e. The standard InChI is InChI=1S/C9H9BrF2O/c10-9-7(11)4-6(2-1-3-13)5-8(9)12/h4-5,13H,1-3H2. The molecule has 0 bridgehead atoms. The molecular formula is C9H9BrF2O. The number of aliphatic hydroxyl groups excluding tert-OH is 1. The molecule has 0 spiro atoms. The second kappa shape index (κ2) is 4.67. The molecule has 0 aliphatic carbocycles. The van der Waals surface area contributed by atoms with Crippen molar-refractivity contribution in [1.29, 1.82) is 0 Å². The first-order chi connectivity index (χ1) is 6.15. The molecular weight excluding hydrogens is 242 g/mol. The SMILES string of the molecule is OCCCc1cc(F)c(Br)c(F)c1. The highest BCUT2D eigenvalue weighted by atomic mass is 79.9. The summed E-state index contributed by atoms with van der Waals surface area (Å²) in [6.07, 6.45) is 0.998. The van der Waals surface area contributed by atoms with E-state index in [1.165, 1.54) is 12.1 Å². The van der Waals surface area contributed by atoms with Crippen molar-refractivity contribution in [3.05, 3.63) is 33.8 Å². The molecule has 13 heavy (non-hydrogen) atoms. The maximum absolute atomic E-state index is 12.9. The van der Waals surface area contributed by atoms with Gasteiger partial charge in [0.25, 0.3) is 0 Å². The van der Waals surface area contributed by atoms with Crippen LogP contribution in [0.1, 0.15) is 12.0 Å². The Morgan fingerprint density at radius 3 is 2.23 bits per heavy atom. The molecule has 1 nitrogen and oxygen atoms in total. The minimum Gasteiger partial charge on any atom is -0.396 e. The van der Waals surface area contributed by atoms with Gasteiger partial charge in [-0.05, 0) is 46.5 Å². The van der Waals surface area contributed by atoms with Gasteiger partial charge in [-0.2, -0.15) is 0 Å². The van der Waals surface area contributed by atoms with E-state index in [4.69, 9.17) is 5.11 Å². The second-order valence-electron chi connectivity index (χ2n) is 2.70. The smallest absolute Gasteiger partial charge is 0.140 e. The average Bonchev–Trinajstić information content (AvgIpc) is 2.10. The van der Waals surface area contributed by atoms with Crippen LogP contribution >= 0.6 is 15.9 Å². The van der Waals surface area contributed by atoms with Gasteiger partial charge in [0, 0.05) is 6.61 Å². The van der Waals surface area contributed by atoms with Crippen LogP contribution in [0, 0.1) is 11.6 Å². The Labute approximate surface area is 83.5 Å². The summed E-state index contributed by atoms with van der Waals surface area (Å²) >= 11 is 2.78. The van der Waals surface area contributed by atoms with Crippen LogP contribution in [0.15, 0.2) is 16.6 Å². The van der Waals surface area contributed by atoms with Gasteiger partial charge in [-0.1, -0.05) is 0 Å². The molecule has 0 amide bonds. The number of rotatable bonds is 3. The van der Waals surface area contributed by atoms with Gasteiger partial charge in [0.1, 0.15) is 11.6 Å². The molecule has 0 heterocycles. The Hall–Kier alpha value is -0.480. The van der Waals surface area contributed by atoms with Crippen molar-refractivity contribution in [3.8, 4) is 0 Å². The van der Waals surface area contributed by atoms with Gasteiger partial charge in [-0.3, -0.25) is 0 Å². The van der Waals surface area contributed by atoms with Crippen LogP contribution in [0.25, 0.3) is 0 Å². The molecule has 1 aromatic rings. The highest BCUT2D eigenvalue weighted by molar-refractivity contribution is 9.10. The molecule has 4 heteroatoms. The van der Waals surface area contributed by atoms with Gasteiger partial charge in [-0.15, -0.1) is 0 Å². The molecule has 1 rings (SSSR count). The Bertz CT molecular complexity index is 279. The van der Waals surface area contributed by atoms with Crippen LogP contribution in [0.3, 0.4) is 0 Å². The van der Waals surface area contributed by atoms with Crippen LogP contribution in [-0.2, 0) is 6.42 Å². The van der Waals surface area contributed by atoms with Gasteiger partial charge in [0.2, 0.25) is 0 Å². The maximum atomic E-state index is 12.9. The quantitative estimate of drug-likeness (QED) is 0.819. The lowest BCUT2D eigenvalue weighted by atomic mass is 10.1. The van der Waals surface area contributed by atoms with Gasteiger partial charge in [0.15, 0.2) is 0 Å². The Morgan fingerprint density at radius 1 is 1.23 bits per heavy atom. The van der Waals surface area contributed by atoms with Crippen LogP contribution in [0.5, 0.6) is 0 Å². The van der Waals surface area contributed by atoms with Crippen molar-refractivity contribution < 1.29 is 13.9 Å². The Balaban J connectivity index is 2.86. The van der Waals surface area contributed by atoms with E-state index in [0.29, 0.717) is 18.4 Å². The predicted octanol–water partition coefficient (Wildman–Crippen LogP) is 2.65. The summed E-state index contributed by atoms with van der Waals surface area (Å²) in [5, 5.41) is 8.52. The number of hydrogen-bond donors (Lipinski definition) is 1. The molecule has 0 aliphatic rings. The molecule has 1 aromatic carbocycles. The van der Waals surface area contributed by atoms with Crippen LogP contribution in [0.2, 0.25) is 0 Å². The van der Waals surface area contributed by atoms with E-state index in [1.807, 2.05) is 0 Å². The summed E-state index contributed by atoms with van der Waals surface area (Å²) in [7, 11) is 0. The first-order valence-corrected chi connectivity index (χ1v) is 4.68. The second-order valence-corrected chi connectivity index (χ2v) is 3.49. The lowest BCUT2D eigenvalue weighted by Crippen LogP contribution is -1.93. The van der Waals surface area contributed by atoms with E-state index in [0.717, 1.165) is 0 Å². The number of aliphatic hydroxyl groups is 1. The summed E-state index contributed by atoms with van der Waals surface area (Å²) in [6.45, 7) is 0.0271. The first-order valence-electron chi connectivity index (χ1n) is 3.89. The van der Waals surface area contributed by atoms with Crippen molar-refractivity contribution in [2.75, 3.05) is 6.61 Å². The lowest BCUT2D eigenvalue weighted by Gasteiger charge is -2.02. The van der Waals surface area contributed by atoms with Crippen LogP contribution < -0.4 is 0 Å². The minimum atomic E-state index is -0.604. The number of halogens is 3. The molecule has 0 saturated carbocycles. The summed E-state index contributed by atoms with van der Waals surface area (Å²) in [5.41, 5.74) is 0.562. The molecule has 0 saturated heterocycles. The molecule has 1 N–H and O–H groups in total. The summed E-state index contributed by atoms with van der Waals surface area (Å²) in [5.74, 6) is -1.21.